The Morgan fingerprint density at radius 1 is 1.30 bits per heavy atom. The predicted molar refractivity (Wildman–Crippen MR) is 77.4 cm³/mol. The summed E-state index contributed by atoms with van der Waals surface area (Å²) >= 11 is 3.30. The fourth-order valence-electron chi connectivity index (χ4n) is 1.67. The summed E-state index contributed by atoms with van der Waals surface area (Å²) in [6.45, 7) is 0.186. The van der Waals surface area contributed by atoms with E-state index in [2.05, 4.69) is 21.1 Å². The van der Waals surface area contributed by atoms with Gasteiger partial charge in [0.05, 0.1) is 5.56 Å². The third-order valence-corrected chi connectivity index (χ3v) is 3.10. The highest BCUT2D eigenvalue weighted by molar-refractivity contribution is 9.10. The van der Waals surface area contributed by atoms with Crippen molar-refractivity contribution in [3.05, 3.63) is 63.9 Å². The number of ether oxygens (including phenoxy) is 1. The van der Waals surface area contributed by atoms with E-state index >= 15 is 0 Å². The molecule has 0 bridgehead atoms. The summed E-state index contributed by atoms with van der Waals surface area (Å²) < 4.78 is 19.4. The lowest BCUT2D eigenvalue weighted by atomic mass is 10.2. The molecular formula is C14H12BrFN2O2. The molecule has 2 aromatic rings. The molecule has 0 amide bonds. The molecule has 3 N–H and O–H groups in total. The lowest BCUT2D eigenvalue weighted by Crippen LogP contribution is -2.15. The maximum absolute atomic E-state index is 13.1. The van der Waals surface area contributed by atoms with E-state index in [0.717, 1.165) is 4.47 Å². The van der Waals surface area contributed by atoms with E-state index in [1.807, 2.05) is 0 Å². The molecule has 20 heavy (non-hydrogen) atoms. The van der Waals surface area contributed by atoms with Gasteiger partial charge in [0, 0.05) is 4.47 Å². The second-order valence-electron chi connectivity index (χ2n) is 4.04. The molecule has 0 unspecified atom stereocenters. The van der Waals surface area contributed by atoms with Gasteiger partial charge in [0.2, 0.25) is 0 Å². The standard InChI is InChI=1S/C14H12BrFN2O2/c15-10-4-5-13(12(7-10)14(17)18-19)20-8-9-2-1-3-11(16)6-9/h1-7,19H,8H2,(H2,17,18). The summed E-state index contributed by atoms with van der Waals surface area (Å²) in [4.78, 5) is 0. The summed E-state index contributed by atoms with van der Waals surface area (Å²) in [6.07, 6.45) is 0. The molecule has 6 heteroatoms. The number of hydrogen-bond donors (Lipinski definition) is 2. The van der Waals surface area contributed by atoms with Gasteiger partial charge in [0.15, 0.2) is 5.84 Å². The molecule has 2 rings (SSSR count). The molecule has 0 aromatic heterocycles. The summed E-state index contributed by atoms with van der Waals surface area (Å²) in [5, 5.41) is 11.7. The van der Waals surface area contributed by atoms with E-state index in [9.17, 15) is 4.39 Å². The predicted octanol–water partition coefficient (Wildman–Crippen LogP) is 3.26. The molecule has 0 heterocycles. The van der Waals surface area contributed by atoms with Crippen molar-refractivity contribution in [3.63, 3.8) is 0 Å². The highest BCUT2D eigenvalue weighted by Crippen LogP contribution is 2.24. The number of amidine groups is 1. The Hall–Kier alpha value is -2.08. The highest BCUT2D eigenvalue weighted by atomic mass is 79.9. The van der Waals surface area contributed by atoms with Crippen LogP contribution in [0.5, 0.6) is 5.75 Å². The molecule has 4 nitrogen and oxygen atoms in total. The molecule has 0 radical (unpaired) electrons. The quantitative estimate of drug-likeness (QED) is 0.389. The van der Waals surface area contributed by atoms with Gasteiger partial charge in [0.25, 0.3) is 0 Å². The van der Waals surface area contributed by atoms with Crippen molar-refractivity contribution in [1.82, 2.24) is 0 Å². The monoisotopic (exact) mass is 338 g/mol. The minimum atomic E-state index is -0.321. The van der Waals surface area contributed by atoms with Crippen LogP contribution in [-0.4, -0.2) is 11.0 Å². The summed E-state index contributed by atoms with van der Waals surface area (Å²) in [7, 11) is 0. The van der Waals surface area contributed by atoms with E-state index in [0.29, 0.717) is 16.9 Å². The first-order valence-electron chi connectivity index (χ1n) is 5.75. The normalized spacial score (nSPS) is 11.4. The molecular weight excluding hydrogens is 327 g/mol. The molecule has 0 fully saturated rings. The zero-order chi connectivity index (χ0) is 14.5. The first kappa shape index (κ1) is 14.3. The first-order chi connectivity index (χ1) is 9.60. The van der Waals surface area contributed by atoms with Gasteiger partial charge in [-0.3, -0.25) is 0 Å². The van der Waals surface area contributed by atoms with Crippen LogP contribution >= 0.6 is 15.9 Å². The van der Waals surface area contributed by atoms with Crippen molar-refractivity contribution in [3.8, 4) is 5.75 Å². The average molecular weight is 339 g/mol. The summed E-state index contributed by atoms with van der Waals surface area (Å²) in [5.41, 5.74) is 6.75. The number of halogens is 2. The van der Waals surface area contributed by atoms with Crippen molar-refractivity contribution < 1.29 is 14.3 Å². The van der Waals surface area contributed by atoms with Crippen LogP contribution in [-0.2, 0) is 6.61 Å². The van der Waals surface area contributed by atoms with Gasteiger partial charge in [-0.2, -0.15) is 0 Å². The van der Waals surface area contributed by atoms with Crippen molar-refractivity contribution in [2.45, 2.75) is 6.61 Å². The Balaban J connectivity index is 2.21. The van der Waals surface area contributed by atoms with Gasteiger partial charge >= 0.3 is 0 Å². The van der Waals surface area contributed by atoms with E-state index in [1.54, 1.807) is 30.3 Å². The van der Waals surface area contributed by atoms with Crippen LogP contribution < -0.4 is 10.5 Å². The Morgan fingerprint density at radius 3 is 2.80 bits per heavy atom. The second kappa shape index (κ2) is 6.38. The van der Waals surface area contributed by atoms with Crippen molar-refractivity contribution in [1.29, 1.82) is 0 Å². The second-order valence-corrected chi connectivity index (χ2v) is 4.96. The number of nitrogens with two attached hydrogens (primary N) is 1. The third-order valence-electron chi connectivity index (χ3n) is 2.61. The fourth-order valence-corrected chi connectivity index (χ4v) is 2.03. The number of nitrogens with zero attached hydrogens (tertiary/aromatic N) is 1. The fraction of sp³-hybridized carbons (Fsp3) is 0.0714. The van der Waals surface area contributed by atoms with Gasteiger partial charge in [-0.25, -0.2) is 4.39 Å². The minimum Gasteiger partial charge on any atom is -0.488 e. The van der Waals surface area contributed by atoms with Gasteiger partial charge in [0.1, 0.15) is 18.2 Å². The van der Waals surface area contributed by atoms with Crippen LogP contribution in [0.15, 0.2) is 52.1 Å². The van der Waals surface area contributed by atoms with Gasteiger partial charge in [-0.05, 0) is 35.9 Å². The molecule has 2 aromatic carbocycles. The summed E-state index contributed by atoms with van der Waals surface area (Å²) in [6, 6.07) is 11.3. The van der Waals surface area contributed by atoms with Gasteiger partial charge < -0.3 is 15.7 Å². The number of oxime groups is 1. The molecule has 0 atom stereocenters. The molecule has 0 saturated heterocycles. The van der Waals surface area contributed by atoms with Crippen LogP contribution in [0.4, 0.5) is 4.39 Å². The van der Waals surface area contributed by atoms with Gasteiger partial charge in [-0.1, -0.05) is 33.2 Å². The van der Waals surface area contributed by atoms with Crippen molar-refractivity contribution in [2.75, 3.05) is 0 Å². The molecule has 0 aliphatic rings. The third kappa shape index (κ3) is 3.48. The average Bonchev–Trinajstić information content (AvgIpc) is 2.45. The van der Waals surface area contributed by atoms with Crippen LogP contribution in [0.1, 0.15) is 11.1 Å². The molecule has 0 aliphatic carbocycles. The summed E-state index contributed by atoms with van der Waals surface area (Å²) in [5.74, 6) is 0.0758. The van der Waals surface area contributed by atoms with Crippen LogP contribution in [0.25, 0.3) is 0 Å². The van der Waals surface area contributed by atoms with E-state index in [4.69, 9.17) is 15.7 Å². The lowest BCUT2D eigenvalue weighted by Gasteiger charge is -2.11. The van der Waals surface area contributed by atoms with Crippen molar-refractivity contribution >= 4 is 21.8 Å². The zero-order valence-electron chi connectivity index (χ0n) is 10.4. The number of hydrogen-bond acceptors (Lipinski definition) is 3. The maximum Gasteiger partial charge on any atom is 0.173 e. The SMILES string of the molecule is N/C(=N/O)c1cc(Br)ccc1OCc1cccc(F)c1. The molecule has 0 spiro atoms. The Labute approximate surface area is 123 Å². The van der Waals surface area contributed by atoms with E-state index in [1.165, 1.54) is 12.1 Å². The molecule has 0 aliphatic heterocycles. The smallest absolute Gasteiger partial charge is 0.173 e. The zero-order valence-corrected chi connectivity index (χ0v) is 12.0. The number of rotatable bonds is 4. The van der Waals surface area contributed by atoms with Crippen molar-refractivity contribution in [2.24, 2.45) is 10.9 Å². The maximum atomic E-state index is 13.1. The highest BCUT2D eigenvalue weighted by Gasteiger charge is 2.09. The first-order valence-corrected chi connectivity index (χ1v) is 6.54. The largest absolute Gasteiger partial charge is 0.488 e. The Bertz CT molecular complexity index is 647. The Morgan fingerprint density at radius 2 is 2.10 bits per heavy atom. The van der Waals surface area contributed by atoms with E-state index in [-0.39, 0.29) is 18.3 Å². The Kier molecular flexibility index (Phi) is 4.57. The number of benzene rings is 2. The minimum absolute atomic E-state index is 0.0551. The van der Waals surface area contributed by atoms with Gasteiger partial charge in [-0.15, -0.1) is 0 Å². The topological polar surface area (TPSA) is 67.8 Å². The van der Waals surface area contributed by atoms with Crippen LogP contribution in [0.2, 0.25) is 0 Å². The molecule has 104 valence electrons. The van der Waals surface area contributed by atoms with Crippen LogP contribution in [0, 0.1) is 5.82 Å². The van der Waals surface area contributed by atoms with Crippen LogP contribution in [0.3, 0.4) is 0 Å². The van der Waals surface area contributed by atoms with E-state index < -0.39 is 0 Å². The molecule has 0 saturated carbocycles. The lowest BCUT2D eigenvalue weighted by molar-refractivity contribution is 0.302.